The summed E-state index contributed by atoms with van der Waals surface area (Å²) in [5.74, 6) is -0.783. The molecular weight excluding hydrogens is 227 g/mol. The minimum absolute atomic E-state index is 0. The van der Waals surface area contributed by atoms with Gasteiger partial charge in [-0.1, -0.05) is 0 Å². The number of aliphatic carboxylic acids is 1. The van der Waals surface area contributed by atoms with Crippen LogP contribution in [0.15, 0.2) is 0 Å². The van der Waals surface area contributed by atoms with Crippen LogP contribution >= 0.6 is 0 Å². The summed E-state index contributed by atoms with van der Waals surface area (Å²) in [5.41, 5.74) is 0.218. The summed E-state index contributed by atoms with van der Waals surface area (Å²) in [5, 5.41) is 11.8. The van der Waals surface area contributed by atoms with Crippen LogP contribution in [0.4, 0.5) is 0 Å². The monoisotopic (exact) mass is 252 g/mol. The van der Waals surface area contributed by atoms with Crippen molar-refractivity contribution in [3.05, 3.63) is 0 Å². The van der Waals surface area contributed by atoms with Crippen LogP contribution in [-0.2, 0) is 4.79 Å². The van der Waals surface area contributed by atoms with Gasteiger partial charge in [0.2, 0.25) is 0 Å². The van der Waals surface area contributed by atoms with Crippen LogP contribution in [-0.4, -0.2) is 76.2 Å². The summed E-state index contributed by atoms with van der Waals surface area (Å²) < 4.78 is 0. The molecule has 2 N–H and O–H groups in total. The predicted molar refractivity (Wildman–Crippen MR) is 71.7 cm³/mol. The maximum absolute atomic E-state index is 10.6. The van der Waals surface area contributed by atoms with Crippen LogP contribution in [0.25, 0.3) is 0 Å². The third kappa shape index (κ3) is 4.52. The molecule has 0 atom stereocenters. The average molecular weight is 252 g/mol. The second-order valence-electron chi connectivity index (χ2n) is 6.06. The summed E-state index contributed by atoms with van der Waals surface area (Å²) >= 11 is 0. The van der Waals surface area contributed by atoms with E-state index in [-0.39, 0.29) is 53.2 Å². The van der Waals surface area contributed by atoms with E-state index in [4.69, 9.17) is 5.11 Å². The van der Waals surface area contributed by atoms with Crippen LogP contribution < -0.4 is 5.32 Å². The number of rotatable bonds is 3. The Labute approximate surface area is 126 Å². The van der Waals surface area contributed by atoms with Gasteiger partial charge in [-0.25, -0.2) is 0 Å². The number of carbonyl (C=O) groups is 1. The molecule has 0 unspecified atom stereocenters. The molecule has 1 aliphatic rings. The topological polar surface area (TPSA) is 52.6 Å². The van der Waals surface area contributed by atoms with E-state index in [0.717, 1.165) is 12.8 Å². The summed E-state index contributed by atoms with van der Waals surface area (Å²) in [4.78, 5) is 12.9. The van der Waals surface area contributed by atoms with Gasteiger partial charge in [-0.2, -0.15) is 0 Å². The van der Waals surface area contributed by atoms with Crippen LogP contribution in [0, 0.1) is 0 Å². The zero-order chi connectivity index (χ0) is 12.6. The van der Waals surface area contributed by atoms with Crippen molar-refractivity contribution in [2.24, 2.45) is 0 Å². The fraction of sp³-hybridized carbons (Fsp3) is 0.917. The van der Waals surface area contributed by atoms with Gasteiger partial charge in [0.05, 0.1) is 6.54 Å². The molecule has 1 saturated heterocycles. The van der Waals surface area contributed by atoms with Crippen molar-refractivity contribution in [1.82, 2.24) is 10.2 Å². The Morgan fingerprint density at radius 3 is 2.06 bits per heavy atom. The second kappa shape index (κ2) is 6.02. The number of carboxylic acids is 1. The second-order valence-corrected chi connectivity index (χ2v) is 6.06. The Morgan fingerprint density at radius 2 is 1.71 bits per heavy atom. The number of piperidine rings is 1. The molecule has 0 aromatic heterocycles. The van der Waals surface area contributed by atoms with E-state index in [1.54, 1.807) is 0 Å². The number of hydrogen-bond acceptors (Lipinski definition) is 3. The molecule has 96 valence electrons. The Morgan fingerprint density at radius 1 is 1.29 bits per heavy atom. The van der Waals surface area contributed by atoms with Gasteiger partial charge in [-0.3, -0.25) is 9.69 Å². The van der Waals surface area contributed by atoms with Gasteiger partial charge in [0.15, 0.2) is 0 Å². The summed E-state index contributed by atoms with van der Waals surface area (Å²) in [6.07, 6.45) is 1.97. The van der Waals surface area contributed by atoms with Crippen molar-refractivity contribution in [1.29, 1.82) is 0 Å². The van der Waals surface area contributed by atoms with Gasteiger partial charge >= 0.3 is 35.5 Å². The Kier molecular flexibility index (Phi) is 6.16. The molecule has 1 rings (SSSR count). The van der Waals surface area contributed by atoms with Crippen LogP contribution in [0.5, 0.6) is 0 Å². The number of carboxylic acid groups (broad SMARTS) is 1. The van der Waals surface area contributed by atoms with E-state index in [9.17, 15) is 4.79 Å². The van der Waals surface area contributed by atoms with E-state index < -0.39 is 5.97 Å². The molecule has 0 aromatic carbocycles. The van der Waals surface area contributed by atoms with Gasteiger partial charge in [0.25, 0.3) is 0 Å². The molecule has 0 radical (unpaired) electrons. The molecule has 0 spiro atoms. The van der Waals surface area contributed by atoms with Crippen molar-refractivity contribution in [2.45, 2.75) is 57.7 Å². The molecule has 0 amide bonds. The zero-order valence-electron chi connectivity index (χ0n) is 11.0. The molecule has 0 bridgehead atoms. The zero-order valence-corrected chi connectivity index (χ0v) is 11.0. The molecule has 0 aliphatic carbocycles. The Bertz CT molecular complexity index is 262. The van der Waals surface area contributed by atoms with Gasteiger partial charge in [-0.15, -0.1) is 0 Å². The predicted octanol–water partition coefficient (Wildman–Crippen LogP) is 0.664. The molecule has 1 heterocycles. The molecular formula is C12H25N2NaO2. The van der Waals surface area contributed by atoms with Crippen LogP contribution in [0.2, 0.25) is 0 Å². The first-order chi connectivity index (χ1) is 7.15. The summed E-state index contributed by atoms with van der Waals surface area (Å²) in [7, 11) is 2.15. The van der Waals surface area contributed by atoms with E-state index in [0.29, 0.717) is 0 Å². The third-order valence-electron chi connectivity index (χ3n) is 3.85. The fourth-order valence-corrected chi connectivity index (χ4v) is 2.75. The number of nitrogens with one attached hydrogen (secondary N) is 1. The molecule has 1 aliphatic heterocycles. The number of likely N-dealkylation sites (tertiary alicyclic amines) is 1. The van der Waals surface area contributed by atoms with E-state index in [2.05, 4.69) is 45.0 Å². The number of hydrogen-bond donors (Lipinski definition) is 2. The quantitative estimate of drug-likeness (QED) is 0.725. The standard InChI is InChI=1S/C12H24N2O2.Na.H/c1-11(2)6-9(13-8-10(15)16)7-12(3,4)14(11)5;;/h9,13H,6-8H2,1-5H3,(H,15,16);;. The fourth-order valence-electron chi connectivity index (χ4n) is 2.75. The van der Waals surface area contributed by atoms with E-state index in [1.165, 1.54) is 0 Å². The van der Waals surface area contributed by atoms with Crippen LogP contribution in [0.3, 0.4) is 0 Å². The maximum atomic E-state index is 10.6. The van der Waals surface area contributed by atoms with E-state index >= 15 is 0 Å². The molecule has 0 saturated carbocycles. The summed E-state index contributed by atoms with van der Waals surface area (Å²) in [6.45, 7) is 8.90. The summed E-state index contributed by atoms with van der Waals surface area (Å²) in [6, 6.07) is 0.289. The Balaban J connectivity index is 0.00000256. The molecule has 5 heteroatoms. The van der Waals surface area contributed by atoms with Gasteiger partial charge in [0.1, 0.15) is 0 Å². The normalized spacial score (nSPS) is 24.1. The number of nitrogens with zero attached hydrogens (tertiary/aromatic N) is 1. The minimum atomic E-state index is -0.783. The first-order valence-electron chi connectivity index (χ1n) is 5.84. The van der Waals surface area contributed by atoms with Crippen LogP contribution in [0.1, 0.15) is 40.5 Å². The SMILES string of the molecule is CN1C(C)(C)CC(NCC(=O)O)CC1(C)C.[NaH]. The van der Waals surface area contributed by atoms with Crippen molar-refractivity contribution < 1.29 is 9.90 Å². The Hall–Kier alpha value is 0.390. The molecule has 17 heavy (non-hydrogen) atoms. The third-order valence-corrected chi connectivity index (χ3v) is 3.85. The molecule has 0 aromatic rings. The first-order valence-corrected chi connectivity index (χ1v) is 5.84. The van der Waals surface area contributed by atoms with Crippen molar-refractivity contribution in [3.63, 3.8) is 0 Å². The van der Waals surface area contributed by atoms with Gasteiger partial charge in [-0.05, 0) is 47.6 Å². The van der Waals surface area contributed by atoms with Crippen molar-refractivity contribution in [3.8, 4) is 0 Å². The van der Waals surface area contributed by atoms with Crippen molar-refractivity contribution >= 4 is 35.5 Å². The first kappa shape index (κ1) is 17.4. The van der Waals surface area contributed by atoms with Gasteiger partial charge < -0.3 is 10.4 Å². The molecule has 1 fully saturated rings. The average Bonchev–Trinajstić information content (AvgIpc) is 2.10. The molecule has 4 nitrogen and oxygen atoms in total. The van der Waals surface area contributed by atoms with E-state index in [1.807, 2.05) is 0 Å². The van der Waals surface area contributed by atoms with Gasteiger partial charge in [0, 0.05) is 17.1 Å². The van der Waals surface area contributed by atoms with Crippen molar-refractivity contribution in [2.75, 3.05) is 13.6 Å².